The van der Waals surface area contributed by atoms with E-state index >= 15 is 0 Å². The Morgan fingerprint density at radius 3 is 2.07 bits per heavy atom. The summed E-state index contributed by atoms with van der Waals surface area (Å²) in [5.74, 6) is -1.32. The van der Waals surface area contributed by atoms with Crippen molar-refractivity contribution in [1.82, 2.24) is 5.32 Å². The number of aliphatic carboxylic acids is 1. The van der Waals surface area contributed by atoms with Crippen LogP contribution < -0.4 is 5.32 Å². The first kappa shape index (κ1) is 19.5. The molecule has 3 aromatic carbocycles. The number of amides is 1. The van der Waals surface area contributed by atoms with E-state index in [-0.39, 0.29) is 24.7 Å². The highest BCUT2D eigenvalue weighted by Crippen LogP contribution is 2.44. The summed E-state index contributed by atoms with van der Waals surface area (Å²) in [6, 6.07) is 21.2. The minimum absolute atomic E-state index is 0.0157. The van der Waals surface area contributed by atoms with Crippen molar-refractivity contribution in [3.63, 3.8) is 0 Å². The predicted octanol–water partition coefficient (Wildman–Crippen LogP) is 3.93. The Morgan fingerprint density at radius 2 is 1.47 bits per heavy atom. The molecule has 1 aliphatic carbocycles. The third kappa shape index (κ3) is 3.85. The van der Waals surface area contributed by atoms with Gasteiger partial charge in [-0.15, -0.1) is 0 Å². The Labute approximate surface area is 173 Å². The number of phenolic OH excluding ortho intramolecular Hbond substituents is 1. The van der Waals surface area contributed by atoms with Crippen molar-refractivity contribution in [2.24, 2.45) is 0 Å². The fourth-order valence-corrected chi connectivity index (χ4v) is 3.89. The maximum Gasteiger partial charge on any atom is 0.407 e. The van der Waals surface area contributed by atoms with Crippen LogP contribution in [-0.2, 0) is 16.0 Å². The van der Waals surface area contributed by atoms with E-state index < -0.39 is 18.1 Å². The number of carbonyl (C=O) groups excluding carboxylic acids is 1. The van der Waals surface area contributed by atoms with Gasteiger partial charge < -0.3 is 20.3 Å². The average Bonchev–Trinajstić information content (AvgIpc) is 3.07. The number of para-hydroxylation sites is 1. The third-order valence-corrected chi connectivity index (χ3v) is 5.35. The molecule has 0 radical (unpaired) electrons. The molecule has 3 aromatic rings. The van der Waals surface area contributed by atoms with Gasteiger partial charge in [-0.25, -0.2) is 9.59 Å². The van der Waals surface area contributed by atoms with Crippen molar-refractivity contribution < 1.29 is 24.5 Å². The van der Waals surface area contributed by atoms with E-state index in [1.54, 1.807) is 18.2 Å². The zero-order chi connectivity index (χ0) is 21.1. The van der Waals surface area contributed by atoms with Crippen LogP contribution in [0.1, 0.15) is 22.6 Å². The molecule has 0 saturated carbocycles. The van der Waals surface area contributed by atoms with E-state index in [9.17, 15) is 19.8 Å². The van der Waals surface area contributed by atoms with Gasteiger partial charge in [-0.05, 0) is 33.9 Å². The third-order valence-electron chi connectivity index (χ3n) is 5.35. The number of carboxylic acid groups (broad SMARTS) is 1. The maximum absolute atomic E-state index is 12.4. The zero-order valence-electron chi connectivity index (χ0n) is 16.1. The molecule has 152 valence electrons. The summed E-state index contributed by atoms with van der Waals surface area (Å²) in [7, 11) is 0. The van der Waals surface area contributed by atoms with Gasteiger partial charge in [0.2, 0.25) is 0 Å². The van der Waals surface area contributed by atoms with Crippen LogP contribution in [0.4, 0.5) is 4.79 Å². The molecule has 0 heterocycles. The monoisotopic (exact) mass is 403 g/mol. The summed E-state index contributed by atoms with van der Waals surface area (Å²) in [6.07, 6.45) is -0.855. The Morgan fingerprint density at radius 1 is 0.900 bits per heavy atom. The Balaban J connectivity index is 1.44. The molecule has 0 aromatic heterocycles. The lowest BCUT2D eigenvalue weighted by atomic mass is 9.98. The molecule has 1 aliphatic rings. The smallest absolute Gasteiger partial charge is 0.407 e. The second-order valence-electron chi connectivity index (χ2n) is 7.19. The van der Waals surface area contributed by atoms with Crippen LogP contribution in [0, 0.1) is 0 Å². The lowest BCUT2D eigenvalue weighted by molar-refractivity contribution is -0.139. The normalized spacial score (nSPS) is 13.2. The Hall–Kier alpha value is -3.80. The van der Waals surface area contributed by atoms with Crippen molar-refractivity contribution >= 4 is 12.1 Å². The number of aromatic hydroxyl groups is 1. The van der Waals surface area contributed by atoms with Crippen LogP contribution in [-0.4, -0.2) is 34.9 Å². The lowest BCUT2D eigenvalue weighted by Gasteiger charge is -2.18. The van der Waals surface area contributed by atoms with Crippen LogP contribution >= 0.6 is 0 Å². The number of ether oxygens (including phenoxy) is 1. The van der Waals surface area contributed by atoms with E-state index in [2.05, 4.69) is 5.32 Å². The molecule has 0 fully saturated rings. The number of carboxylic acids is 1. The van der Waals surface area contributed by atoms with E-state index in [1.807, 2.05) is 48.5 Å². The number of alkyl carbamates (subject to hydrolysis) is 1. The van der Waals surface area contributed by atoms with Gasteiger partial charge in [0.1, 0.15) is 18.4 Å². The van der Waals surface area contributed by atoms with E-state index in [0.29, 0.717) is 5.56 Å². The topological polar surface area (TPSA) is 95.9 Å². The minimum Gasteiger partial charge on any atom is -0.508 e. The first-order chi connectivity index (χ1) is 14.5. The van der Waals surface area contributed by atoms with Gasteiger partial charge >= 0.3 is 12.1 Å². The van der Waals surface area contributed by atoms with Crippen LogP contribution in [0.15, 0.2) is 72.8 Å². The molecule has 1 atom stereocenters. The summed E-state index contributed by atoms with van der Waals surface area (Å²) >= 11 is 0. The van der Waals surface area contributed by atoms with Gasteiger partial charge in [0.05, 0.1) is 0 Å². The number of fused-ring (bicyclic) bond motifs is 3. The molecular weight excluding hydrogens is 382 g/mol. The van der Waals surface area contributed by atoms with Crippen LogP contribution in [0.3, 0.4) is 0 Å². The number of carbonyl (C=O) groups is 2. The standard InChI is InChI=1S/C24H21NO5/c26-22-12-6-1-7-15(22)13-21(23(27)28)25-24(29)30-14-20-18-10-4-2-8-16(18)17-9-3-5-11-19(17)20/h1-12,20-21,26H,13-14H2,(H,25,29)(H,27,28)/t21-/m1/s1. The highest BCUT2D eigenvalue weighted by Gasteiger charge is 2.29. The number of benzene rings is 3. The summed E-state index contributed by atoms with van der Waals surface area (Å²) in [4.78, 5) is 23.9. The average molecular weight is 403 g/mol. The quantitative estimate of drug-likeness (QED) is 0.580. The second kappa shape index (κ2) is 8.29. The molecule has 3 N–H and O–H groups in total. The number of phenols is 1. The predicted molar refractivity (Wildman–Crippen MR) is 111 cm³/mol. The largest absolute Gasteiger partial charge is 0.508 e. The SMILES string of the molecule is O=C(N[C@H](Cc1ccccc1O)C(=O)O)OCC1c2ccccc2-c2ccccc21. The number of hydrogen-bond acceptors (Lipinski definition) is 4. The molecular formula is C24H21NO5. The zero-order valence-corrected chi connectivity index (χ0v) is 16.1. The molecule has 6 heteroatoms. The van der Waals surface area contributed by atoms with Crippen molar-refractivity contribution in [2.45, 2.75) is 18.4 Å². The van der Waals surface area contributed by atoms with Gasteiger partial charge in [-0.1, -0.05) is 66.7 Å². The highest BCUT2D eigenvalue weighted by molar-refractivity contribution is 5.81. The van der Waals surface area contributed by atoms with Crippen molar-refractivity contribution in [1.29, 1.82) is 0 Å². The molecule has 0 spiro atoms. The molecule has 0 aliphatic heterocycles. The summed E-state index contributed by atoms with van der Waals surface area (Å²) in [5.41, 5.74) is 4.82. The van der Waals surface area contributed by atoms with Gasteiger partial charge in [0.15, 0.2) is 0 Å². The Kier molecular flexibility index (Phi) is 5.39. The van der Waals surface area contributed by atoms with Crippen LogP contribution in [0.5, 0.6) is 5.75 Å². The van der Waals surface area contributed by atoms with Gasteiger partial charge in [-0.3, -0.25) is 0 Å². The molecule has 0 bridgehead atoms. The summed E-state index contributed by atoms with van der Waals surface area (Å²) in [5, 5.41) is 21.7. The number of hydrogen-bond donors (Lipinski definition) is 3. The van der Waals surface area contributed by atoms with Crippen molar-refractivity contribution in [3.8, 4) is 16.9 Å². The fourth-order valence-electron chi connectivity index (χ4n) is 3.89. The van der Waals surface area contributed by atoms with Crippen molar-refractivity contribution in [3.05, 3.63) is 89.5 Å². The summed E-state index contributed by atoms with van der Waals surface area (Å²) in [6.45, 7) is 0.1000. The molecule has 6 nitrogen and oxygen atoms in total. The molecule has 30 heavy (non-hydrogen) atoms. The first-order valence-electron chi connectivity index (χ1n) is 9.66. The molecule has 0 saturated heterocycles. The molecule has 1 amide bonds. The first-order valence-corrected chi connectivity index (χ1v) is 9.66. The van der Waals surface area contributed by atoms with E-state index in [0.717, 1.165) is 22.3 Å². The van der Waals surface area contributed by atoms with Crippen LogP contribution in [0.2, 0.25) is 0 Å². The van der Waals surface area contributed by atoms with Gasteiger partial charge in [-0.2, -0.15) is 0 Å². The highest BCUT2D eigenvalue weighted by atomic mass is 16.5. The van der Waals surface area contributed by atoms with E-state index in [4.69, 9.17) is 4.74 Å². The molecule has 4 rings (SSSR count). The Bertz CT molecular complexity index is 1050. The lowest BCUT2D eigenvalue weighted by Crippen LogP contribution is -2.42. The number of nitrogens with one attached hydrogen (secondary N) is 1. The van der Waals surface area contributed by atoms with Gasteiger partial charge in [0.25, 0.3) is 0 Å². The summed E-state index contributed by atoms with van der Waals surface area (Å²) < 4.78 is 5.41. The maximum atomic E-state index is 12.4. The molecule has 0 unspecified atom stereocenters. The van der Waals surface area contributed by atoms with E-state index in [1.165, 1.54) is 6.07 Å². The van der Waals surface area contributed by atoms with Gasteiger partial charge in [0, 0.05) is 12.3 Å². The van der Waals surface area contributed by atoms with Crippen molar-refractivity contribution in [2.75, 3.05) is 6.61 Å². The van der Waals surface area contributed by atoms with Crippen LogP contribution in [0.25, 0.3) is 11.1 Å². The second-order valence-corrected chi connectivity index (χ2v) is 7.19. The fraction of sp³-hybridized carbons (Fsp3) is 0.167. The minimum atomic E-state index is -1.21. The number of rotatable bonds is 6.